The monoisotopic (exact) mass is 133 g/mol. The molecule has 2 unspecified atom stereocenters. The molecule has 2 nitrogen and oxygen atoms in total. The summed E-state index contributed by atoms with van der Waals surface area (Å²) < 4.78 is 17.8. The van der Waals surface area contributed by atoms with Crippen molar-refractivity contribution in [1.82, 2.24) is 5.32 Å². The van der Waals surface area contributed by atoms with Crippen molar-refractivity contribution in [1.29, 1.82) is 0 Å². The molecule has 0 amide bonds. The van der Waals surface area contributed by atoms with Crippen LogP contribution in [-0.2, 0) is 4.74 Å². The third-order valence-corrected chi connectivity index (χ3v) is 1.90. The lowest BCUT2D eigenvalue weighted by Crippen LogP contribution is -2.37. The van der Waals surface area contributed by atoms with Gasteiger partial charge in [0.2, 0.25) is 5.85 Å². The van der Waals surface area contributed by atoms with Crippen LogP contribution in [0.3, 0.4) is 0 Å². The summed E-state index contributed by atoms with van der Waals surface area (Å²) in [5, 5.41) is 2.96. The third-order valence-electron chi connectivity index (χ3n) is 1.90. The minimum Gasteiger partial charge on any atom is -0.348 e. The lowest BCUT2D eigenvalue weighted by Gasteiger charge is -2.21. The molecule has 1 heterocycles. The third kappa shape index (κ3) is 1.07. The first kappa shape index (κ1) is 6.96. The average molecular weight is 133 g/mol. The Morgan fingerprint density at radius 2 is 2.44 bits per heavy atom. The van der Waals surface area contributed by atoms with Crippen LogP contribution in [0.25, 0.3) is 0 Å². The van der Waals surface area contributed by atoms with Crippen LogP contribution < -0.4 is 5.32 Å². The van der Waals surface area contributed by atoms with Crippen molar-refractivity contribution in [2.24, 2.45) is 0 Å². The summed E-state index contributed by atoms with van der Waals surface area (Å²) in [7, 11) is 1.41. The molecule has 0 saturated carbocycles. The van der Waals surface area contributed by atoms with Crippen LogP contribution in [0.2, 0.25) is 0 Å². The summed E-state index contributed by atoms with van der Waals surface area (Å²) in [6.07, 6.45) is 0.463. The molecular formula is C6H12FNO. The topological polar surface area (TPSA) is 21.3 Å². The fourth-order valence-electron chi connectivity index (χ4n) is 1.11. The van der Waals surface area contributed by atoms with Crippen molar-refractivity contribution in [3.8, 4) is 0 Å². The first-order valence-corrected chi connectivity index (χ1v) is 3.16. The molecule has 2 atom stereocenters. The number of hydrogen-bond acceptors (Lipinski definition) is 2. The van der Waals surface area contributed by atoms with E-state index in [0.29, 0.717) is 13.0 Å². The fourth-order valence-corrected chi connectivity index (χ4v) is 1.11. The molecule has 1 N–H and O–H groups in total. The van der Waals surface area contributed by atoms with Crippen LogP contribution in [-0.4, -0.2) is 25.6 Å². The highest BCUT2D eigenvalue weighted by atomic mass is 19.2. The van der Waals surface area contributed by atoms with E-state index in [1.54, 1.807) is 6.92 Å². The first-order valence-electron chi connectivity index (χ1n) is 3.16. The highest BCUT2D eigenvalue weighted by molar-refractivity contribution is 4.87. The van der Waals surface area contributed by atoms with E-state index in [2.05, 4.69) is 10.1 Å². The number of rotatable bonds is 1. The number of alkyl halides is 1. The van der Waals surface area contributed by atoms with Gasteiger partial charge < -0.3 is 10.1 Å². The predicted octanol–water partition coefficient (Wildman–Crippen LogP) is 0.680. The SMILES string of the molecule is COC1(F)CCNC1C. The zero-order valence-corrected chi connectivity index (χ0v) is 5.78. The smallest absolute Gasteiger partial charge is 0.225 e. The molecule has 1 rings (SSSR count). The maximum Gasteiger partial charge on any atom is 0.225 e. The molecule has 1 aliphatic rings. The normalized spacial score (nSPS) is 43.7. The summed E-state index contributed by atoms with van der Waals surface area (Å²) in [6, 6.07) is -0.164. The number of methoxy groups -OCH3 is 1. The molecule has 3 heteroatoms. The van der Waals surface area contributed by atoms with E-state index in [1.165, 1.54) is 7.11 Å². The molecule has 9 heavy (non-hydrogen) atoms. The number of hydrogen-bond donors (Lipinski definition) is 1. The van der Waals surface area contributed by atoms with E-state index in [4.69, 9.17) is 0 Å². The molecule has 0 aliphatic carbocycles. The van der Waals surface area contributed by atoms with Gasteiger partial charge in [0.25, 0.3) is 0 Å². The maximum atomic E-state index is 13.2. The molecule has 0 aromatic heterocycles. The molecule has 1 saturated heterocycles. The highest BCUT2D eigenvalue weighted by Crippen LogP contribution is 2.25. The van der Waals surface area contributed by atoms with Crippen molar-refractivity contribution in [2.45, 2.75) is 25.2 Å². The molecule has 1 aliphatic heterocycles. The Hall–Kier alpha value is -0.150. The lowest BCUT2D eigenvalue weighted by molar-refractivity contribution is -0.124. The molecular weight excluding hydrogens is 121 g/mol. The molecule has 0 bridgehead atoms. The van der Waals surface area contributed by atoms with Gasteiger partial charge in [0.15, 0.2) is 0 Å². The predicted molar refractivity (Wildman–Crippen MR) is 32.9 cm³/mol. The van der Waals surface area contributed by atoms with E-state index in [9.17, 15) is 4.39 Å². The van der Waals surface area contributed by atoms with Crippen LogP contribution in [0.15, 0.2) is 0 Å². The summed E-state index contributed by atoms with van der Waals surface area (Å²) in [5.74, 6) is -1.42. The van der Waals surface area contributed by atoms with Gasteiger partial charge in [0.05, 0.1) is 6.04 Å². The van der Waals surface area contributed by atoms with Crippen molar-refractivity contribution < 1.29 is 9.13 Å². The maximum absolute atomic E-state index is 13.2. The Morgan fingerprint density at radius 3 is 2.67 bits per heavy atom. The largest absolute Gasteiger partial charge is 0.348 e. The van der Waals surface area contributed by atoms with Gasteiger partial charge in [-0.2, -0.15) is 0 Å². The van der Waals surface area contributed by atoms with Crippen molar-refractivity contribution >= 4 is 0 Å². The summed E-state index contributed by atoms with van der Waals surface area (Å²) >= 11 is 0. The Balaban J connectivity index is 2.56. The Kier molecular flexibility index (Phi) is 1.73. The van der Waals surface area contributed by atoms with Gasteiger partial charge >= 0.3 is 0 Å². The molecule has 0 aromatic rings. The standard InChI is InChI=1S/C6H12FNO/c1-5-6(7,9-2)3-4-8-5/h5,8H,3-4H2,1-2H3. The van der Waals surface area contributed by atoms with Crippen molar-refractivity contribution in [3.05, 3.63) is 0 Å². The molecule has 0 radical (unpaired) electrons. The zero-order chi connectivity index (χ0) is 6.91. The summed E-state index contributed by atoms with van der Waals surface area (Å²) in [4.78, 5) is 0. The van der Waals surface area contributed by atoms with Gasteiger partial charge in [-0.05, 0) is 6.92 Å². The average Bonchev–Trinajstić information content (AvgIpc) is 2.15. The van der Waals surface area contributed by atoms with E-state index >= 15 is 0 Å². The van der Waals surface area contributed by atoms with E-state index in [1.807, 2.05) is 0 Å². The minimum absolute atomic E-state index is 0.164. The molecule has 54 valence electrons. The Bertz CT molecular complexity index is 109. The highest BCUT2D eigenvalue weighted by Gasteiger charge is 2.40. The lowest BCUT2D eigenvalue weighted by atomic mass is 10.1. The van der Waals surface area contributed by atoms with Gasteiger partial charge in [-0.25, -0.2) is 4.39 Å². The fraction of sp³-hybridized carbons (Fsp3) is 1.00. The first-order chi connectivity index (χ1) is 4.19. The summed E-state index contributed by atoms with van der Waals surface area (Å²) in [5.41, 5.74) is 0. The summed E-state index contributed by atoms with van der Waals surface area (Å²) in [6.45, 7) is 2.50. The van der Waals surface area contributed by atoms with E-state index in [-0.39, 0.29) is 6.04 Å². The number of ether oxygens (including phenoxy) is 1. The molecule has 1 fully saturated rings. The van der Waals surface area contributed by atoms with Gasteiger partial charge in [-0.1, -0.05) is 0 Å². The zero-order valence-electron chi connectivity index (χ0n) is 5.78. The second kappa shape index (κ2) is 2.23. The molecule has 0 aromatic carbocycles. The van der Waals surface area contributed by atoms with Gasteiger partial charge in [-0.15, -0.1) is 0 Å². The second-order valence-electron chi connectivity index (χ2n) is 2.42. The van der Waals surface area contributed by atoms with Gasteiger partial charge in [-0.3, -0.25) is 0 Å². The second-order valence-corrected chi connectivity index (χ2v) is 2.42. The van der Waals surface area contributed by atoms with Crippen LogP contribution in [0.5, 0.6) is 0 Å². The Labute approximate surface area is 54.4 Å². The van der Waals surface area contributed by atoms with Crippen LogP contribution in [0.4, 0.5) is 4.39 Å². The van der Waals surface area contributed by atoms with Crippen LogP contribution >= 0.6 is 0 Å². The molecule has 0 spiro atoms. The number of nitrogens with one attached hydrogen (secondary N) is 1. The van der Waals surface area contributed by atoms with Crippen LogP contribution in [0.1, 0.15) is 13.3 Å². The Morgan fingerprint density at radius 1 is 1.78 bits per heavy atom. The van der Waals surface area contributed by atoms with Crippen molar-refractivity contribution in [2.75, 3.05) is 13.7 Å². The van der Waals surface area contributed by atoms with Gasteiger partial charge in [0.1, 0.15) is 0 Å². The van der Waals surface area contributed by atoms with Crippen molar-refractivity contribution in [3.63, 3.8) is 0 Å². The number of halogens is 1. The van der Waals surface area contributed by atoms with E-state index in [0.717, 1.165) is 0 Å². The minimum atomic E-state index is -1.42. The van der Waals surface area contributed by atoms with Crippen LogP contribution in [0, 0.1) is 0 Å². The quantitative estimate of drug-likeness (QED) is 0.568. The van der Waals surface area contributed by atoms with Gasteiger partial charge in [0, 0.05) is 20.1 Å². The van der Waals surface area contributed by atoms with E-state index < -0.39 is 5.85 Å².